The van der Waals surface area contributed by atoms with Gasteiger partial charge in [0.25, 0.3) is 5.91 Å². The molecule has 0 bridgehead atoms. The maximum atomic E-state index is 13.0. The van der Waals surface area contributed by atoms with E-state index in [-0.39, 0.29) is 11.9 Å². The minimum absolute atomic E-state index is 0.00642. The van der Waals surface area contributed by atoms with Crippen LogP contribution in [0.1, 0.15) is 72.5 Å². The number of carbonyl (C=O) groups is 1. The van der Waals surface area contributed by atoms with E-state index in [4.69, 9.17) is 4.52 Å². The number of aromatic nitrogens is 4. The lowest BCUT2D eigenvalue weighted by atomic mass is 10.1. The first kappa shape index (κ1) is 17.2. The van der Waals surface area contributed by atoms with Crippen LogP contribution in [-0.2, 0) is 7.05 Å². The Morgan fingerprint density at radius 2 is 2.04 bits per heavy atom. The summed E-state index contributed by atoms with van der Waals surface area (Å²) in [7, 11) is 3.86. The molecule has 0 unspecified atom stereocenters. The predicted molar refractivity (Wildman–Crippen MR) is 94.8 cm³/mol. The molecule has 2 aliphatic rings. The Morgan fingerprint density at radius 1 is 1.27 bits per heavy atom. The first-order chi connectivity index (χ1) is 12.4. The number of nitrogens with zero attached hydrogens (tertiary/aromatic N) is 6. The quantitative estimate of drug-likeness (QED) is 0.831. The second-order valence-electron chi connectivity index (χ2n) is 7.75. The first-order valence-corrected chi connectivity index (χ1v) is 9.31. The number of aryl methyl sites for hydroxylation is 1. The van der Waals surface area contributed by atoms with Gasteiger partial charge in [-0.25, -0.2) is 0 Å². The van der Waals surface area contributed by atoms with E-state index in [9.17, 15) is 4.79 Å². The van der Waals surface area contributed by atoms with E-state index in [1.165, 1.54) is 0 Å². The zero-order valence-electron chi connectivity index (χ0n) is 15.8. The van der Waals surface area contributed by atoms with Gasteiger partial charge >= 0.3 is 0 Å². The number of amides is 1. The molecule has 3 heterocycles. The van der Waals surface area contributed by atoms with Gasteiger partial charge in [0.1, 0.15) is 11.7 Å². The number of hydrogen-bond acceptors (Lipinski definition) is 6. The monoisotopic (exact) mass is 358 g/mol. The summed E-state index contributed by atoms with van der Waals surface area (Å²) in [5.74, 6) is 2.18. The zero-order valence-corrected chi connectivity index (χ0v) is 15.8. The Balaban J connectivity index is 1.52. The molecule has 0 N–H and O–H groups in total. The largest absolute Gasteiger partial charge is 0.338 e. The molecule has 0 aromatic carbocycles. The maximum Gasteiger partial charge on any atom is 0.272 e. The summed E-state index contributed by atoms with van der Waals surface area (Å²) in [5, 5.41) is 8.59. The molecule has 1 amide bonds. The summed E-state index contributed by atoms with van der Waals surface area (Å²) in [4.78, 5) is 21.7. The van der Waals surface area contributed by atoms with Gasteiger partial charge in [0.15, 0.2) is 5.82 Å². The fourth-order valence-electron chi connectivity index (χ4n) is 3.35. The van der Waals surface area contributed by atoms with Crippen molar-refractivity contribution >= 4 is 5.91 Å². The van der Waals surface area contributed by atoms with Crippen LogP contribution in [0.3, 0.4) is 0 Å². The number of hydrogen-bond donors (Lipinski definition) is 0. The Hall–Kier alpha value is -2.22. The van der Waals surface area contributed by atoms with Gasteiger partial charge in [-0.1, -0.05) is 19.0 Å². The molecule has 0 spiro atoms. The Morgan fingerprint density at radius 3 is 2.69 bits per heavy atom. The highest BCUT2D eigenvalue weighted by Crippen LogP contribution is 2.38. The molecule has 1 saturated carbocycles. The SMILES string of the molecule is CC(C)c1cc(C(=O)N2CCN(C)[C@H](c3nc(C4CC4)no3)C2)n(C)n1. The van der Waals surface area contributed by atoms with Gasteiger partial charge in [0.2, 0.25) is 5.89 Å². The third kappa shape index (κ3) is 3.13. The lowest BCUT2D eigenvalue weighted by Crippen LogP contribution is -2.49. The predicted octanol–water partition coefficient (Wildman–Crippen LogP) is 1.93. The lowest BCUT2D eigenvalue weighted by molar-refractivity contribution is 0.0479. The third-order valence-corrected chi connectivity index (χ3v) is 5.33. The number of likely N-dealkylation sites (N-methyl/N-ethyl adjacent to an activating group) is 1. The second kappa shape index (κ2) is 6.50. The molecule has 0 radical (unpaired) electrons. The van der Waals surface area contributed by atoms with E-state index in [2.05, 4.69) is 34.0 Å². The lowest BCUT2D eigenvalue weighted by Gasteiger charge is -2.37. The van der Waals surface area contributed by atoms with Crippen LogP contribution >= 0.6 is 0 Å². The summed E-state index contributed by atoms with van der Waals surface area (Å²) >= 11 is 0. The Labute approximate surface area is 153 Å². The normalized spacial score (nSPS) is 21.6. The molecule has 1 atom stereocenters. The van der Waals surface area contributed by atoms with E-state index in [0.29, 0.717) is 36.5 Å². The van der Waals surface area contributed by atoms with Crippen LogP contribution in [0, 0.1) is 0 Å². The Kier molecular flexibility index (Phi) is 4.30. The molecule has 1 aliphatic carbocycles. The molecule has 26 heavy (non-hydrogen) atoms. The summed E-state index contributed by atoms with van der Waals surface area (Å²) in [6.45, 7) is 6.15. The molecule has 8 nitrogen and oxygen atoms in total. The van der Waals surface area contributed by atoms with Crippen LogP contribution < -0.4 is 0 Å². The number of carbonyl (C=O) groups excluding carboxylic acids is 1. The fourth-order valence-corrected chi connectivity index (χ4v) is 3.35. The second-order valence-corrected chi connectivity index (χ2v) is 7.75. The van der Waals surface area contributed by atoms with Crippen molar-refractivity contribution < 1.29 is 9.32 Å². The minimum atomic E-state index is -0.0644. The van der Waals surface area contributed by atoms with E-state index in [1.807, 2.05) is 25.1 Å². The van der Waals surface area contributed by atoms with E-state index < -0.39 is 0 Å². The highest BCUT2D eigenvalue weighted by atomic mass is 16.5. The average molecular weight is 358 g/mol. The van der Waals surface area contributed by atoms with E-state index >= 15 is 0 Å². The smallest absolute Gasteiger partial charge is 0.272 e. The highest BCUT2D eigenvalue weighted by Gasteiger charge is 2.35. The van der Waals surface area contributed by atoms with Crippen molar-refractivity contribution in [1.29, 1.82) is 0 Å². The summed E-state index contributed by atoms with van der Waals surface area (Å²) < 4.78 is 7.19. The molecule has 2 fully saturated rings. The van der Waals surface area contributed by atoms with Crippen LogP contribution in [0.5, 0.6) is 0 Å². The molecule has 4 rings (SSSR count). The molecule has 1 aliphatic heterocycles. The fraction of sp³-hybridized carbons (Fsp3) is 0.667. The Bertz CT molecular complexity index is 806. The van der Waals surface area contributed by atoms with Crippen LogP contribution in [0.15, 0.2) is 10.6 Å². The van der Waals surface area contributed by atoms with Crippen LogP contribution in [0.25, 0.3) is 0 Å². The molecule has 2 aromatic heterocycles. The highest BCUT2D eigenvalue weighted by molar-refractivity contribution is 5.92. The van der Waals surface area contributed by atoms with Gasteiger partial charge in [-0.15, -0.1) is 0 Å². The van der Waals surface area contributed by atoms with E-state index in [0.717, 1.165) is 30.9 Å². The van der Waals surface area contributed by atoms with Crippen molar-refractivity contribution in [3.8, 4) is 0 Å². The maximum absolute atomic E-state index is 13.0. The molecular formula is C18H26N6O2. The summed E-state index contributed by atoms with van der Waals surface area (Å²) in [6, 6.07) is 1.84. The van der Waals surface area contributed by atoms with Gasteiger partial charge in [-0.3, -0.25) is 14.4 Å². The van der Waals surface area contributed by atoms with Crippen LogP contribution in [0.2, 0.25) is 0 Å². The van der Waals surface area contributed by atoms with Gasteiger partial charge in [0.05, 0.1) is 5.69 Å². The topological polar surface area (TPSA) is 80.3 Å². The van der Waals surface area contributed by atoms with Gasteiger partial charge < -0.3 is 9.42 Å². The van der Waals surface area contributed by atoms with Gasteiger partial charge in [-0.05, 0) is 31.9 Å². The van der Waals surface area contributed by atoms with Crippen molar-refractivity contribution in [2.45, 2.75) is 44.6 Å². The van der Waals surface area contributed by atoms with Crippen molar-refractivity contribution in [3.05, 3.63) is 29.2 Å². The van der Waals surface area contributed by atoms with Gasteiger partial charge in [0, 0.05) is 32.6 Å². The van der Waals surface area contributed by atoms with Gasteiger partial charge in [-0.2, -0.15) is 10.1 Å². The third-order valence-electron chi connectivity index (χ3n) is 5.33. The summed E-state index contributed by atoms with van der Waals surface area (Å²) in [6.07, 6.45) is 2.28. The standard InChI is InChI=1S/C18H26N6O2/c1-11(2)13-9-14(23(4)20-13)18(25)24-8-7-22(3)15(10-24)17-19-16(21-26-17)12-5-6-12/h9,11-12,15H,5-8,10H2,1-4H3/t15-/m0/s1. The van der Waals surface area contributed by atoms with E-state index in [1.54, 1.807) is 4.68 Å². The molecule has 140 valence electrons. The van der Waals surface area contributed by atoms with Crippen molar-refractivity contribution in [3.63, 3.8) is 0 Å². The zero-order chi connectivity index (χ0) is 18.4. The van der Waals surface area contributed by atoms with Crippen molar-refractivity contribution in [2.75, 3.05) is 26.7 Å². The summed E-state index contributed by atoms with van der Waals surface area (Å²) in [5.41, 5.74) is 1.56. The molecule has 1 saturated heterocycles. The molecular weight excluding hydrogens is 332 g/mol. The molecule has 2 aromatic rings. The minimum Gasteiger partial charge on any atom is -0.338 e. The van der Waals surface area contributed by atoms with Crippen molar-refractivity contribution in [2.24, 2.45) is 7.05 Å². The molecule has 8 heteroatoms. The van der Waals surface area contributed by atoms with Crippen LogP contribution in [-0.4, -0.2) is 62.3 Å². The van der Waals surface area contributed by atoms with Crippen LogP contribution in [0.4, 0.5) is 0 Å². The van der Waals surface area contributed by atoms with Crippen molar-refractivity contribution in [1.82, 2.24) is 29.7 Å². The number of piperazine rings is 1. The first-order valence-electron chi connectivity index (χ1n) is 9.31. The number of rotatable bonds is 4. The average Bonchev–Trinajstić information content (AvgIpc) is 3.21.